The summed E-state index contributed by atoms with van der Waals surface area (Å²) >= 11 is 2.00. The maximum absolute atomic E-state index is 12.5. The minimum atomic E-state index is -0.294. The predicted octanol–water partition coefficient (Wildman–Crippen LogP) is 1.26. The van der Waals surface area contributed by atoms with Crippen molar-refractivity contribution in [3.63, 3.8) is 0 Å². The molecule has 2 unspecified atom stereocenters. The number of hydrogen-bond acceptors (Lipinski definition) is 3. The average Bonchev–Trinajstić information content (AvgIpc) is 3.24. The summed E-state index contributed by atoms with van der Waals surface area (Å²) in [6.45, 7) is 2.63. The Morgan fingerprint density at radius 2 is 1.89 bits per heavy atom. The molecule has 4 nitrogen and oxygen atoms in total. The zero-order valence-electron chi connectivity index (χ0n) is 11.4. The van der Waals surface area contributed by atoms with Gasteiger partial charge >= 0.3 is 0 Å². The maximum atomic E-state index is 12.5. The van der Waals surface area contributed by atoms with Crippen LogP contribution in [0.5, 0.6) is 0 Å². The Morgan fingerprint density at radius 1 is 1.21 bits per heavy atom. The van der Waals surface area contributed by atoms with E-state index in [1.807, 2.05) is 23.6 Å². The first-order valence-electron chi connectivity index (χ1n) is 7.35. The molecule has 0 spiro atoms. The zero-order valence-corrected chi connectivity index (χ0v) is 12.2. The van der Waals surface area contributed by atoms with Crippen LogP contribution in [0.4, 0.5) is 0 Å². The quantitative estimate of drug-likeness (QED) is 0.847. The molecule has 5 heteroatoms. The first-order chi connectivity index (χ1) is 9.16. The van der Waals surface area contributed by atoms with Crippen LogP contribution in [0.25, 0.3) is 0 Å². The number of thioether (sulfide) groups is 1. The first-order valence-corrected chi connectivity index (χ1v) is 8.51. The van der Waals surface area contributed by atoms with E-state index in [0.29, 0.717) is 11.8 Å². The lowest BCUT2D eigenvalue weighted by molar-refractivity contribution is -0.150. The highest BCUT2D eigenvalue weighted by atomic mass is 32.2. The monoisotopic (exact) mass is 282 g/mol. The van der Waals surface area contributed by atoms with Gasteiger partial charge in [0.2, 0.25) is 11.8 Å². The molecule has 2 amide bonds. The molecule has 19 heavy (non-hydrogen) atoms. The number of rotatable bonds is 3. The average molecular weight is 282 g/mol. The van der Waals surface area contributed by atoms with Crippen molar-refractivity contribution in [1.82, 2.24) is 10.2 Å². The molecule has 1 saturated carbocycles. The lowest BCUT2D eigenvalue weighted by atomic mass is 9.98. The van der Waals surface area contributed by atoms with E-state index >= 15 is 0 Å². The molecule has 3 rings (SSSR count). The Kier molecular flexibility index (Phi) is 3.74. The smallest absolute Gasteiger partial charge is 0.246 e. The highest BCUT2D eigenvalue weighted by Gasteiger charge is 2.45. The maximum Gasteiger partial charge on any atom is 0.246 e. The molecule has 3 aliphatic rings. The Morgan fingerprint density at radius 3 is 2.53 bits per heavy atom. The van der Waals surface area contributed by atoms with Crippen molar-refractivity contribution in [2.24, 2.45) is 11.8 Å². The van der Waals surface area contributed by atoms with E-state index in [9.17, 15) is 9.59 Å². The molecule has 0 radical (unpaired) electrons. The van der Waals surface area contributed by atoms with Crippen LogP contribution in [0, 0.1) is 11.8 Å². The number of amides is 2. The fourth-order valence-electron chi connectivity index (χ4n) is 3.05. The Bertz CT molecular complexity index is 378. The molecule has 1 N–H and O–H groups in total. The molecule has 0 bridgehead atoms. The Balaban J connectivity index is 1.68. The molecule has 2 atom stereocenters. The molecule has 1 aliphatic carbocycles. The van der Waals surface area contributed by atoms with E-state index in [1.54, 1.807) is 0 Å². The van der Waals surface area contributed by atoms with Gasteiger partial charge in [-0.25, -0.2) is 0 Å². The van der Waals surface area contributed by atoms with Gasteiger partial charge in [0.1, 0.15) is 12.1 Å². The highest BCUT2D eigenvalue weighted by molar-refractivity contribution is 7.99. The number of hydrogen-bond donors (Lipinski definition) is 1. The largest absolute Gasteiger partial charge is 0.342 e. The third kappa shape index (κ3) is 2.76. The molecule has 2 heterocycles. The van der Waals surface area contributed by atoms with E-state index in [0.717, 1.165) is 19.4 Å². The van der Waals surface area contributed by atoms with Crippen LogP contribution in [-0.2, 0) is 9.59 Å². The lowest BCUT2D eigenvalue weighted by Gasteiger charge is -2.40. The summed E-state index contributed by atoms with van der Waals surface area (Å²) in [5, 5.41) is 2.91. The summed E-state index contributed by atoms with van der Waals surface area (Å²) in [7, 11) is 0. The second-order valence-corrected chi connectivity index (χ2v) is 7.27. The number of nitrogens with zero attached hydrogens (tertiary/aromatic N) is 1. The van der Waals surface area contributed by atoms with Crippen LogP contribution in [0.3, 0.4) is 0 Å². The molecular formula is C14H22N2O2S. The second-order valence-electron chi connectivity index (χ2n) is 6.05. The van der Waals surface area contributed by atoms with Gasteiger partial charge in [-0.05, 0) is 55.9 Å². The number of carbonyl (C=O) groups is 2. The SMILES string of the molecule is CC1C(=O)NC(C2CC2)C(=O)N1CC1CCSCC1. The molecule has 2 saturated heterocycles. The third-order valence-electron chi connectivity index (χ3n) is 4.58. The lowest BCUT2D eigenvalue weighted by Crippen LogP contribution is -2.63. The molecule has 2 aliphatic heterocycles. The number of nitrogens with one attached hydrogen (secondary N) is 1. The van der Waals surface area contributed by atoms with Gasteiger partial charge in [-0.15, -0.1) is 0 Å². The summed E-state index contributed by atoms with van der Waals surface area (Å²) in [6.07, 6.45) is 4.52. The van der Waals surface area contributed by atoms with E-state index < -0.39 is 0 Å². The number of piperazine rings is 1. The summed E-state index contributed by atoms with van der Waals surface area (Å²) in [4.78, 5) is 26.4. The van der Waals surface area contributed by atoms with Crippen molar-refractivity contribution < 1.29 is 9.59 Å². The molecule has 106 valence electrons. The molecular weight excluding hydrogens is 260 g/mol. The minimum Gasteiger partial charge on any atom is -0.342 e. The third-order valence-corrected chi connectivity index (χ3v) is 5.63. The van der Waals surface area contributed by atoms with Crippen molar-refractivity contribution in [1.29, 1.82) is 0 Å². The predicted molar refractivity (Wildman–Crippen MR) is 75.9 cm³/mol. The zero-order chi connectivity index (χ0) is 13.4. The van der Waals surface area contributed by atoms with Crippen LogP contribution < -0.4 is 5.32 Å². The van der Waals surface area contributed by atoms with Crippen molar-refractivity contribution in [2.45, 2.75) is 44.7 Å². The Labute approximate surface area is 118 Å². The summed E-state index contributed by atoms with van der Waals surface area (Å²) < 4.78 is 0. The fourth-order valence-corrected chi connectivity index (χ4v) is 4.26. The molecule has 0 aromatic carbocycles. The van der Waals surface area contributed by atoms with E-state index in [-0.39, 0.29) is 23.9 Å². The van der Waals surface area contributed by atoms with Crippen LogP contribution in [0.2, 0.25) is 0 Å². The van der Waals surface area contributed by atoms with Crippen molar-refractivity contribution in [2.75, 3.05) is 18.1 Å². The van der Waals surface area contributed by atoms with Crippen LogP contribution in [0.15, 0.2) is 0 Å². The standard InChI is InChI=1S/C14H22N2O2S/c1-9-13(17)15-12(11-2-3-11)14(18)16(9)8-10-4-6-19-7-5-10/h9-12H,2-8H2,1H3,(H,15,17). The van der Waals surface area contributed by atoms with Gasteiger partial charge in [-0.1, -0.05) is 0 Å². The summed E-state index contributed by atoms with van der Waals surface area (Å²) in [5.74, 6) is 3.56. The van der Waals surface area contributed by atoms with Crippen molar-refractivity contribution in [3.8, 4) is 0 Å². The summed E-state index contributed by atoms with van der Waals surface area (Å²) in [6, 6.07) is -0.529. The van der Waals surface area contributed by atoms with E-state index in [4.69, 9.17) is 0 Å². The van der Waals surface area contributed by atoms with E-state index in [2.05, 4.69) is 5.32 Å². The topological polar surface area (TPSA) is 49.4 Å². The van der Waals surface area contributed by atoms with Crippen LogP contribution in [0.1, 0.15) is 32.6 Å². The second kappa shape index (κ2) is 5.35. The van der Waals surface area contributed by atoms with Gasteiger partial charge < -0.3 is 10.2 Å². The molecule has 0 aromatic rings. The van der Waals surface area contributed by atoms with Crippen molar-refractivity contribution >= 4 is 23.6 Å². The normalized spacial score (nSPS) is 33.4. The number of carbonyl (C=O) groups excluding carboxylic acids is 2. The van der Waals surface area contributed by atoms with Gasteiger partial charge in [-0.3, -0.25) is 9.59 Å². The first kappa shape index (κ1) is 13.3. The van der Waals surface area contributed by atoms with E-state index in [1.165, 1.54) is 24.3 Å². The Hall–Kier alpha value is -0.710. The van der Waals surface area contributed by atoms with Gasteiger partial charge in [0.15, 0.2) is 0 Å². The summed E-state index contributed by atoms with van der Waals surface area (Å²) in [5.41, 5.74) is 0. The van der Waals surface area contributed by atoms with Gasteiger partial charge in [0.05, 0.1) is 0 Å². The van der Waals surface area contributed by atoms with Gasteiger partial charge in [0.25, 0.3) is 0 Å². The fraction of sp³-hybridized carbons (Fsp3) is 0.857. The molecule has 0 aromatic heterocycles. The van der Waals surface area contributed by atoms with Gasteiger partial charge in [0, 0.05) is 6.54 Å². The van der Waals surface area contributed by atoms with Gasteiger partial charge in [-0.2, -0.15) is 11.8 Å². The highest BCUT2D eigenvalue weighted by Crippen LogP contribution is 2.35. The van der Waals surface area contributed by atoms with Crippen LogP contribution in [-0.4, -0.2) is 46.8 Å². The van der Waals surface area contributed by atoms with Crippen LogP contribution >= 0.6 is 11.8 Å². The minimum absolute atomic E-state index is 0.0293. The van der Waals surface area contributed by atoms with Crippen molar-refractivity contribution in [3.05, 3.63) is 0 Å². The molecule has 3 fully saturated rings.